The van der Waals surface area contributed by atoms with Crippen LogP contribution in [0.1, 0.15) is 15.9 Å². The molecule has 0 unspecified atom stereocenters. The molecule has 0 aromatic heterocycles. The van der Waals surface area contributed by atoms with Crippen LogP contribution < -0.4 is 10.5 Å². The number of rotatable bonds is 6. The zero-order chi connectivity index (χ0) is 21.0. The Balaban J connectivity index is 1.61. The van der Waals surface area contributed by atoms with Gasteiger partial charge in [-0.2, -0.15) is 0 Å². The third-order valence-corrected chi connectivity index (χ3v) is 4.75. The minimum absolute atomic E-state index is 0.137. The van der Waals surface area contributed by atoms with Gasteiger partial charge in [-0.3, -0.25) is 4.79 Å². The van der Waals surface area contributed by atoms with Crippen molar-refractivity contribution in [2.45, 2.75) is 6.54 Å². The van der Waals surface area contributed by atoms with Crippen LogP contribution >= 0.6 is 11.6 Å². The Kier molecular flexibility index (Phi) is 6.24. The van der Waals surface area contributed by atoms with E-state index in [0.29, 0.717) is 11.6 Å². The number of halogens is 1. The fraction of sp³-hybridized carbons (Fsp3) is 0.182. The third-order valence-electron chi connectivity index (χ3n) is 4.52. The lowest BCUT2D eigenvalue weighted by atomic mass is 10.1. The van der Waals surface area contributed by atoms with Crippen LogP contribution in [0, 0.1) is 0 Å². The number of nitrogen functional groups attached to an aromatic ring is 1. The van der Waals surface area contributed by atoms with Crippen LogP contribution in [0.25, 0.3) is 10.8 Å². The first-order valence-electron chi connectivity index (χ1n) is 8.90. The van der Waals surface area contributed by atoms with Gasteiger partial charge in [0.25, 0.3) is 5.91 Å². The Labute approximate surface area is 173 Å². The molecule has 2 N–H and O–H groups in total. The molecule has 1 amide bonds. The smallest absolute Gasteiger partial charge is 0.340 e. The van der Waals surface area contributed by atoms with Crippen LogP contribution in [0.15, 0.2) is 54.6 Å². The van der Waals surface area contributed by atoms with Crippen molar-refractivity contribution < 1.29 is 19.1 Å². The molecule has 29 heavy (non-hydrogen) atoms. The summed E-state index contributed by atoms with van der Waals surface area (Å²) >= 11 is 5.88. The standard InChI is InChI=1S/C22H21ClN2O4/c1-25(12-14-3-4-16-10-18(28-2)7-5-15(16)9-14)21(26)13-29-22(27)19-11-17(23)6-8-20(19)24/h3-11H,12-13,24H2,1-2H3. The molecular formula is C22H21ClN2O4. The number of ether oxygens (including phenoxy) is 2. The molecule has 3 rings (SSSR count). The van der Waals surface area contributed by atoms with Gasteiger partial charge in [-0.25, -0.2) is 4.79 Å². The van der Waals surface area contributed by atoms with E-state index in [1.165, 1.54) is 17.0 Å². The lowest BCUT2D eigenvalue weighted by Gasteiger charge is -2.18. The number of benzene rings is 3. The van der Waals surface area contributed by atoms with E-state index in [0.717, 1.165) is 22.1 Å². The van der Waals surface area contributed by atoms with Gasteiger partial charge in [0.2, 0.25) is 0 Å². The van der Waals surface area contributed by atoms with E-state index in [1.54, 1.807) is 20.2 Å². The van der Waals surface area contributed by atoms with Gasteiger partial charge < -0.3 is 20.1 Å². The van der Waals surface area contributed by atoms with Crippen molar-refractivity contribution in [2.75, 3.05) is 26.5 Å². The van der Waals surface area contributed by atoms with E-state index < -0.39 is 5.97 Å². The van der Waals surface area contributed by atoms with E-state index in [1.807, 2.05) is 36.4 Å². The number of carbonyl (C=O) groups excluding carboxylic acids is 2. The van der Waals surface area contributed by atoms with Gasteiger partial charge in [-0.05, 0) is 52.7 Å². The molecule has 0 saturated carbocycles. The summed E-state index contributed by atoms with van der Waals surface area (Å²) in [5, 5.41) is 2.46. The van der Waals surface area contributed by atoms with E-state index in [-0.39, 0.29) is 23.8 Å². The second-order valence-corrected chi connectivity index (χ2v) is 7.04. The highest BCUT2D eigenvalue weighted by molar-refractivity contribution is 6.31. The second kappa shape index (κ2) is 8.84. The van der Waals surface area contributed by atoms with E-state index in [4.69, 9.17) is 26.8 Å². The first-order chi connectivity index (χ1) is 13.9. The second-order valence-electron chi connectivity index (χ2n) is 6.60. The Bertz CT molecular complexity index is 1070. The highest BCUT2D eigenvalue weighted by atomic mass is 35.5. The van der Waals surface area contributed by atoms with Crippen LogP contribution in [-0.2, 0) is 16.1 Å². The van der Waals surface area contributed by atoms with Crippen molar-refractivity contribution in [1.82, 2.24) is 4.90 Å². The maximum atomic E-state index is 12.4. The SMILES string of the molecule is COc1ccc2cc(CN(C)C(=O)COC(=O)c3cc(Cl)ccc3N)ccc2c1. The number of nitrogens with zero attached hydrogens (tertiary/aromatic N) is 1. The largest absolute Gasteiger partial charge is 0.497 e. The summed E-state index contributed by atoms with van der Waals surface area (Å²) < 4.78 is 10.3. The van der Waals surface area contributed by atoms with Gasteiger partial charge in [-0.15, -0.1) is 0 Å². The number of hydrogen-bond acceptors (Lipinski definition) is 5. The minimum Gasteiger partial charge on any atom is -0.497 e. The fourth-order valence-electron chi connectivity index (χ4n) is 2.88. The van der Waals surface area contributed by atoms with E-state index in [2.05, 4.69) is 0 Å². The lowest BCUT2D eigenvalue weighted by molar-refractivity contribution is -0.133. The molecule has 3 aromatic carbocycles. The zero-order valence-electron chi connectivity index (χ0n) is 16.1. The van der Waals surface area contributed by atoms with Gasteiger partial charge in [0, 0.05) is 24.3 Å². The quantitative estimate of drug-likeness (QED) is 0.490. The number of methoxy groups -OCH3 is 1. The van der Waals surface area contributed by atoms with Crippen LogP contribution in [0.4, 0.5) is 5.69 Å². The molecule has 0 heterocycles. The predicted octanol–water partition coefficient (Wildman–Crippen LogP) is 3.90. The summed E-state index contributed by atoms with van der Waals surface area (Å²) in [6.45, 7) is 0.00369. The van der Waals surface area contributed by atoms with Gasteiger partial charge in [0.15, 0.2) is 6.61 Å². The molecule has 0 atom stereocenters. The Hall–Kier alpha value is -3.25. The fourth-order valence-corrected chi connectivity index (χ4v) is 3.05. The van der Waals surface area contributed by atoms with Crippen LogP contribution in [0.5, 0.6) is 5.75 Å². The van der Waals surface area contributed by atoms with E-state index in [9.17, 15) is 9.59 Å². The van der Waals surface area contributed by atoms with Gasteiger partial charge in [-0.1, -0.05) is 29.8 Å². The average Bonchev–Trinajstić information content (AvgIpc) is 2.72. The number of esters is 1. The lowest BCUT2D eigenvalue weighted by Crippen LogP contribution is -2.30. The zero-order valence-corrected chi connectivity index (χ0v) is 16.9. The van der Waals surface area contributed by atoms with Crippen molar-refractivity contribution in [2.24, 2.45) is 0 Å². The number of hydrogen-bond donors (Lipinski definition) is 1. The number of anilines is 1. The van der Waals surface area contributed by atoms with Crippen molar-refractivity contribution in [1.29, 1.82) is 0 Å². The summed E-state index contributed by atoms with van der Waals surface area (Å²) in [6.07, 6.45) is 0. The van der Waals surface area contributed by atoms with Crippen LogP contribution in [-0.4, -0.2) is 37.5 Å². The summed E-state index contributed by atoms with van der Waals surface area (Å²) in [4.78, 5) is 26.0. The molecule has 7 heteroatoms. The van der Waals surface area contributed by atoms with E-state index >= 15 is 0 Å². The van der Waals surface area contributed by atoms with Gasteiger partial charge >= 0.3 is 5.97 Å². The molecule has 0 radical (unpaired) electrons. The number of nitrogens with two attached hydrogens (primary N) is 1. The molecule has 0 aliphatic rings. The Morgan fingerprint density at radius 1 is 1.03 bits per heavy atom. The van der Waals surface area contributed by atoms with Crippen molar-refractivity contribution in [3.63, 3.8) is 0 Å². The molecule has 0 aliphatic heterocycles. The average molecular weight is 413 g/mol. The normalized spacial score (nSPS) is 10.6. The Morgan fingerprint density at radius 2 is 1.76 bits per heavy atom. The highest BCUT2D eigenvalue weighted by Gasteiger charge is 2.16. The number of amides is 1. The van der Waals surface area contributed by atoms with Crippen molar-refractivity contribution in [3.8, 4) is 5.75 Å². The molecule has 6 nitrogen and oxygen atoms in total. The summed E-state index contributed by atoms with van der Waals surface area (Å²) in [5.41, 5.74) is 7.10. The van der Waals surface area contributed by atoms with Crippen LogP contribution in [0.3, 0.4) is 0 Å². The molecule has 0 fully saturated rings. The van der Waals surface area contributed by atoms with Crippen molar-refractivity contribution >= 4 is 39.9 Å². The molecule has 0 bridgehead atoms. The van der Waals surface area contributed by atoms with Crippen LogP contribution in [0.2, 0.25) is 5.02 Å². The van der Waals surface area contributed by atoms with Crippen molar-refractivity contribution in [3.05, 3.63) is 70.7 Å². The monoisotopic (exact) mass is 412 g/mol. The molecule has 3 aromatic rings. The first kappa shape index (κ1) is 20.5. The molecule has 0 aliphatic carbocycles. The minimum atomic E-state index is -0.689. The maximum absolute atomic E-state index is 12.4. The third kappa shape index (κ3) is 4.97. The summed E-state index contributed by atoms with van der Waals surface area (Å²) in [6, 6.07) is 16.3. The summed E-state index contributed by atoms with van der Waals surface area (Å²) in [5.74, 6) is -0.222. The highest BCUT2D eigenvalue weighted by Crippen LogP contribution is 2.22. The van der Waals surface area contributed by atoms with Gasteiger partial charge in [0.1, 0.15) is 5.75 Å². The maximum Gasteiger partial charge on any atom is 0.340 e. The summed E-state index contributed by atoms with van der Waals surface area (Å²) in [7, 11) is 3.28. The predicted molar refractivity (Wildman–Crippen MR) is 113 cm³/mol. The molecule has 0 saturated heterocycles. The number of fused-ring (bicyclic) bond motifs is 1. The molecule has 150 valence electrons. The topological polar surface area (TPSA) is 81.9 Å². The molecule has 0 spiro atoms. The Morgan fingerprint density at radius 3 is 2.52 bits per heavy atom. The molecular weight excluding hydrogens is 392 g/mol. The number of likely N-dealkylation sites (N-methyl/N-ethyl adjacent to an activating group) is 1. The van der Waals surface area contributed by atoms with Gasteiger partial charge in [0.05, 0.1) is 12.7 Å². The first-order valence-corrected chi connectivity index (χ1v) is 9.28. The number of carbonyl (C=O) groups is 2.